The van der Waals surface area contributed by atoms with Gasteiger partial charge in [-0.25, -0.2) is 9.59 Å². The number of anilines is 2. The number of amides is 4. The number of nitrogens with zero attached hydrogens (tertiary/aromatic N) is 2. The van der Waals surface area contributed by atoms with Crippen LogP contribution in [0.2, 0.25) is 0 Å². The molecule has 0 unspecified atom stereocenters. The second kappa shape index (κ2) is 16.7. The molecule has 0 saturated heterocycles. The van der Waals surface area contributed by atoms with Crippen LogP contribution in [0.15, 0.2) is 48.5 Å². The number of non-ortho nitro benzene ring substituents is 2. The first-order valence-electron chi connectivity index (χ1n) is 19.9. The highest BCUT2D eigenvalue weighted by atomic mass is 16.6. The van der Waals surface area contributed by atoms with Gasteiger partial charge in [0.15, 0.2) is 0 Å². The summed E-state index contributed by atoms with van der Waals surface area (Å²) in [4.78, 5) is 73.5. The Kier molecular flexibility index (Phi) is 12.1. The van der Waals surface area contributed by atoms with Gasteiger partial charge in [0.25, 0.3) is 11.4 Å². The molecule has 4 aliphatic rings. The van der Waals surface area contributed by atoms with Gasteiger partial charge in [0, 0.05) is 61.1 Å². The van der Waals surface area contributed by atoms with Crippen LogP contribution >= 0.6 is 0 Å². The SMILES string of the molecule is COC(=O)CC[C@@H](C)[C@H]1CC[C@H]2[C@@H]3[C@H](NC(=O)Nc4ccc([N+](=O)[O-])cc4)C[C@@H]4C[C@H](OC(C)=O)CC[C@]4(C)[C@H]3C[C@H](NC(=O)Nc3ccc([N+](=O)[O-])cc3)[C@]12C. The van der Waals surface area contributed by atoms with Gasteiger partial charge in [0.2, 0.25) is 0 Å². The predicted molar refractivity (Wildman–Crippen MR) is 210 cm³/mol. The summed E-state index contributed by atoms with van der Waals surface area (Å²) in [6.07, 6.45) is 5.82. The maximum atomic E-state index is 13.9. The van der Waals surface area contributed by atoms with Crippen LogP contribution in [0.1, 0.15) is 85.5 Å². The number of rotatable bonds is 11. The zero-order valence-electron chi connectivity index (χ0n) is 33.2. The summed E-state index contributed by atoms with van der Waals surface area (Å²) >= 11 is 0. The number of fused-ring (bicyclic) bond motifs is 5. The predicted octanol–water partition coefficient (Wildman–Crippen LogP) is 7.58. The second-order valence-electron chi connectivity index (χ2n) is 17.1. The molecular formula is C41H54N6O10. The van der Waals surface area contributed by atoms with E-state index in [1.54, 1.807) is 0 Å². The lowest BCUT2D eigenvalue weighted by molar-refractivity contribution is -0.385. The van der Waals surface area contributed by atoms with Crippen molar-refractivity contribution in [1.29, 1.82) is 0 Å². The number of hydrogen-bond donors (Lipinski definition) is 4. The van der Waals surface area contributed by atoms with Gasteiger partial charge in [-0.3, -0.25) is 29.8 Å². The molecule has 4 N–H and O–H groups in total. The lowest BCUT2D eigenvalue weighted by Gasteiger charge is -2.65. The minimum absolute atomic E-state index is 0.0257. The molecule has 0 bridgehead atoms. The minimum Gasteiger partial charge on any atom is -0.469 e. The number of hydrogen-bond acceptors (Lipinski definition) is 10. The van der Waals surface area contributed by atoms with Gasteiger partial charge in [-0.2, -0.15) is 0 Å². The molecule has 4 saturated carbocycles. The van der Waals surface area contributed by atoms with Crippen LogP contribution in [0.25, 0.3) is 0 Å². The topological polar surface area (TPSA) is 221 Å². The summed E-state index contributed by atoms with van der Waals surface area (Å²) in [7, 11) is 1.38. The van der Waals surface area contributed by atoms with E-state index in [1.165, 1.54) is 62.6 Å². The molecular weight excluding hydrogens is 736 g/mol. The molecule has 308 valence electrons. The smallest absolute Gasteiger partial charge is 0.319 e. The number of carbonyl (C=O) groups is 4. The van der Waals surface area contributed by atoms with Crippen molar-refractivity contribution in [3.05, 3.63) is 68.8 Å². The number of esters is 2. The maximum absolute atomic E-state index is 13.9. The van der Waals surface area contributed by atoms with Gasteiger partial charge < -0.3 is 30.7 Å². The highest BCUT2D eigenvalue weighted by Crippen LogP contribution is 2.68. The lowest BCUT2D eigenvalue weighted by atomic mass is 9.42. The molecule has 11 atom stereocenters. The van der Waals surface area contributed by atoms with Crippen molar-refractivity contribution < 1.29 is 38.5 Å². The van der Waals surface area contributed by atoms with Gasteiger partial charge in [-0.1, -0.05) is 20.8 Å². The molecule has 0 spiro atoms. The molecule has 4 aliphatic carbocycles. The van der Waals surface area contributed by atoms with Crippen molar-refractivity contribution >= 4 is 46.8 Å². The monoisotopic (exact) mass is 790 g/mol. The van der Waals surface area contributed by atoms with E-state index in [-0.39, 0.29) is 88.8 Å². The Morgan fingerprint density at radius 3 is 1.95 bits per heavy atom. The third-order valence-electron chi connectivity index (χ3n) is 14.2. The summed E-state index contributed by atoms with van der Waals surface area (Å²) in [5.74, 6) is -0.121. The lowest BCUT2D eigenvalue weighted by Crippen LogP contribution is -2.67. The van der Waals surface area contributed by atoms with E-state index in [0.717, 1.165) is 19.3 Å². The number of nitrogens with one attached hydrogen (secondary N) is 4. The third-order valence-corrected chi connectivity index (χ3v) is 14.2. The Hall–Kier alpha value is -5.28. The van der Waals surface area contributed by atoms with Crippen LogP contribution in [0.4, 0.5) is 32.3 Å². The van der Waals surface area contributed by atoms with Crippen molar-refractivity contribution in [1.82, 2.24) is 10.6 Å². The van der Waals surface area contributed by atoms with Crippen LogP contribution in [-0.2, 0) is 19.1 Å². The first-order chi connectivity index (χ1) is 27.0. The van der Waals surface area contributed by atoms with Gasteiger partial charge in [-0.05, 0) is 122 Å². The second-order valence-corrected chi connectivity index (χ2v) is 17.1. The molecule has 2 aromatic carbocycles. The highest BCUT2D eigenvalue weighted by molar-refractivity contribution is 5.90. The van der Waals surface area contributed by atoms with E-state index in [4.69, 9.17) is 9.47 Å². The standard InChI is InChI=1S/C41H54N6O10/c1-23(6-17-36(49)56-5)31-15-16-32-37-33(22-35(41(31,32)4)45-39(51)43-27-9-13-29(14-10-27)47(54)55)40(3)19-18-30(57-24(2)48)20-25(40)21-34(37)44-38(50)42-26-7-11-28(12-8-26)46(52)53/h7-14,23,25,30-35,37H,6,15-22H2,1-5H3,(H2,42,44,50)(H2,43,45,51)/t23-,25+,30-,31-,32+,33+,34-,35+,37+,40+,41-/m1/s1. The van der Waals surface area contributed by atoms with Crippen LogP contribution in [0.5, 0.6) is 0 Å². The van der Waals surface area contributed by atoms with Gasteiger partial charge in [0.1, 0.15) is 6.10 Å². The number of benzene rings is 2. The zero-order chi connectivity index (χ0) is 41.2. The Balaban J connectivity index is 1.34. The van der Waals surface area contributed by atoms with E-state index in [2.05, 4.69) is 42.0 Å². The normalized spacial score (nSPS) is 31.9. The molecule has 4 amide bonds. The summed E-state index contributed by atoms with van der Waals surface area (Å²) in [6.45, 7) is 8.13. The molecule has 0 heterocycles. The molecule has 16 heteroatoms. The average molecular weight is 791 g/mol. The third kappa shape index (κ3) is 8.54. The Labute approximate surface area is 331 Å². The Morgan fingerprint density at radius 2 is 1.40 bits per heavy atom. The largest absolute Gasteiger partial charge is 0.469 e. The quantitative estimate of drug-likeness (QED) is 0.0992. The molecule has 4 fully saturated rings. The van der Waals surface area contributed by atoms with E-state index in [9.17, 15) is 39.4 Å². The van der Waals surface area contributed by atoms with E-state index < -0.39 is 27.3 Å². The number of urea groups is 2. The van der Waals surface area contributed by atoms with Gasteiger partial charge >= 0.3 is 24.0 Å². The molecule has 16 nitrogen and oxygen atoms in total. The molecule has 0 aliphatic heterocycles. The van der Waals surface area contributed by atoms with E-state index >= 15 is 0 Å². The van der Waals surface area contributed by atoms with Crippen LogP contribution < -0.4 is 21.3 Å². The first-order valence-corrected chi connectivity index (χ1v) is 19.9. The van der Waals surface area contributed by atoms with Crippen molar-refractivity contribution in [2.45, 2.75) is 104 Å². The fraction of sp³-hybridized carbons (Fsp3) is 0.610. The number of nitro groups is 2. The van der Waals surface area contributed by atoms with Crippen molar-refractivity contribution in [3.8, 4) is 0 Å². The maximum Gasteiger partial charge on any atom is 0.319 e. The Bertz CT molecular complexity index is 1860. The van der Waals surface area contributed by atoms with E-state index in [0.29, 0.717) is 43.5 Å². The fourth-order valence-electron chi connectivity index (χ4n) is 11.5. The molecule has 57 heavy (non-hydrogen) atoms. The Morgan fingerprint density at radius 1 is 0.825 bits per heavy atom. The van der Waals surface area contributed by atoms with Gasteiger partial charge in [0.05, 0.1) is 17.0 Å². The number of methoxy groups -OCH3 is 1. The highest BCUT2D eigenvalue weighted by Gasteiger charge is 2.66. The molecule has 0 radical (unpaired) electrons. The molecule has 6 rings (SSSR count). The zero-order valence-corrected chi connectivity index (χ0v) is 33.2. The minimum atomic E-state index is -0.497. The summed E-state index contributed by atoms with van der Waals surface area (Å²) in [5.41, 5.74) is 0.0185. The van der Waals surface area contributed by atoms with Crippen molar-refractivity contribution in [3.63, 3.8) is 0 Å². The van der Waals surface area contributed by atoms with Crippen LogP contribution in [-0.4, -0.2) is 59.1 Å². The van der Waals surface area contributed by atoms with E-state index in [1.807, 2.05) is 0 Å². The van der Waals surface area contributed by atoms with Crippen LogP contribution in [0.3, 0.4) is 0 Å². The molecule has 0 aromatic heterocycles. The number of nitro benzene ring substituents is 2. The summed E-state index contributed by atoms with van der Waals surface area (Å²) in [6, 6.07) is 9.93. The van der Waals surface area contributed by atoms with Crippen molar-refractivity contribution in [2.75, 3.05) is 17.7 Å². The molecule has 2 aromatic rings. The summed E-state index contributed by atoms with van der Waals surface area (Å²) in [5, 5.41) is 34.9. The van der Waals surface area contributed by atoms with Crippen LogP contribution in [0, 0.1) is 66.6 Å². The fourth-order valence-corrected chi connectivity index (χ4v) is 11.5. The number of carbonyl (C=O) groups excluding carboxylic acids is 4. The summed E-state index contributed by atoms with van der Waals surface area (Å²) < 4.78 is 10.7. The average Bonchev–Trinajstić information content (AvgIpc) is 3.52. The first kappa shape index (κ1) is 41.4. The van der Waals surface area contributed by atoms with Gasteiger partial charge in [-0.15, -0.1) is 0 Å². The number of ether oxygens (including phenoxy) is 2. The van der Waals surface area contributed by atoms with Crippen molar-refractivity contribution in [2.24, 2.45) is 46.3 Å².